The van der Waals surface area contributed by atoms with E-state index in [1.54, 1.807) is 6.20 Å². The average Bonchev–Trinajstić information content (AvgIpc) is 3.23. The van der Waals surface area contributed by atoms with Crippen LogP contribution in [0.4, 0.5) is 0 Å². The monoisotopic (exact) mass is 310 g/mol. The minimum atomic E-state index is -0.275. The van der Waals surface area contributed by atoms with Gasteiger partial charge in [0.2, 0.25) is 0 Å². The Morgan fingerprint density at radius 2 is 2.00 bits per heavy atom. The molecule has 0 spiro atoms. The van der Waals surface area contributed by atoms with Crippen molar-refractivity contribution in [3.8, 4) is 11.4 Å². The lowest BCUT2D eigenvalue weighted by Crippen LogP contribution is -2.40. The zero-order chi connectivity index (χ0) is 15.8. The smallest absolute Gasteiger partial charge is 0.253 e. The summed E-state index contributed by atoms with van der Waals surface area (Å²) in [6.45, 7) is 1.23. The van der Waals surface area contributed by atoms with Crippen LogP contribution in [-0.4, -0.2) is 50.3 Å². The summed E-state index contributed by atoms with van der Waals surface area (Å²) in [6.07, 6.45) is 2.74. The van der Waals surface area contributed by atoms with Gasteiger partial charge in [0.15, 0.2) is 0 Å². The topological polar surface area (TPSA) is 85.0 Å². The van der Waals surface area contributed by atoms with Gasteiger partial charge in [0.25, 0.3) is 5.91 Å². The summed E-state index contributed by atoms with van der Waals surface area (Å²) in [7, 11) is 0. The number of rotatable bonds is 2. The molecule has 23 heavy (non-hydrogen) atoms. The number of aliphatic hydroxyl groups excluding tert-OH is 1. The molecule has 118 valence electrons. The van der Waals surface area contributed by atoms with E-state index >= 15 is 0 Å². The van der Waals surface area contributed by atoms with Crippen molar-refractivity contribution in [3.63, 3.8) is 0 Å². The van der Waals surface area contributed by atoms with Gasteiger partial charge in [0.1, 0.15) is 0 Å². The first-order valence-corrected chi connectivity index (χ1v) is 7.80. The number of aromatic nitrogens is 3. The highest BCUT2D eigenvalue weighted by molar-refractivity contribution is 5.99. The van der Waals surface area contributed by atoms with Crippen LogP contribution in [-0.2, 0) is 0 Å². The number of likely N-dealkylation sites (tertiary alicyclic amines) is 1. The van der Waals surface area contributed by atoms with Crippen LogP contribution in [0, 0.1) is 0 Å². The van der Waals surface area contributed by atoms with Crippen LogP contribution < -0.4 is 0 Å². The molecule has 1 aliphatic rings. The summed E-state index contributed by atoms with van der Waals surface area (Å²) < 4.78 is 0. The number of hydrogen-bond acceptors (Lipinski definition) is 3. The molecule has 1 fully saturated rings. The Bertz CT molecular complexity index is 830. The highest BCUT2D eigenvalue weighted by atomic mass is 16.3. The van der Waals surface area contributed by atoms with E-state index in [2.05, 4.69) is 15.2 Å². The predicted molar refractivity (Wildman–Crippen MR) is 87.0 cm³/mol. The number of hydrogen-bond donors (Lipinski definition) is 3. The Labute approximate surface area is 133 Å². The van der Waals surface area contributed by atoms with Crippen LogP contribution in [0.15, 0.2) is 36.5 Å². The first kappa shape index (κ1) is 14.0. The molecule has 0 bridgehead atoms. The van der Waals surface area contributed by atoms with Gasteiger partial charge in [-0.3, -0.25) is 9.89 Å². The van der Waals surface area contributed by atoms with Crippen LogP contribution in [0.25, 0.3) is 22.3 Å². The number of aromatic amines is 2. The number of nitrogens with zero attached hydrogens (tertiary/aromatic N) is 2. The van der Waals surface area contributed by atoms with Crippen molar-refractivity contribution in [1.82, 2.24) is 20.1 Å². The highest BCUT2D eigenvalue weighted by Crippen LogP contribution is 2.24. The fourth-order valence-corrected chi connectivity index (χ4v) is 3.07. The van der Waals surface area contributed by atoms with Gasteiger partial charge in [-0.15, -0.1) is 0 Å². The number of aliphatic hydroxyl groups is 1. The molecule has 1 saturated heterocycles. The summed E-state index contributed by atoms with van der Waals surface area (Å²) in [6, 6.07) is 9.61. The Morgan fingerprint density at radius 1 is 1.17 bits per heavy atom. The third-order valence-electron chi connectivity index (χ3n) is 4.41. The number of benzene rings is 1. The van der Waals surface area contributed by atoms with Crippen molar-refractivity contribution < 1.29 is 9.90 Å². The number of amides is 1. The minimum absolute atomic E-state index is 0.0306. The van der Waals surface area contributed by atoms with E-state index < -0.39 is 0 Å². The highest BCUT2D eigenvalue weighted by Gasteiger charge is 2.22. The fourth-order valence-electron chi connectivity index (χ4n) is 3.07. The second-order valence-corrected chi connectivity index (χ2v) is 5.98. The standard InChI is InChI=1S/C17H18N4O2/c22-13-4-7-21(8-5-13)17(23)11-1-2-14-12(9-11)10-16(19-14)15-3-6-18-20-15/h1-3,6,9-10,13,19,22H,4-5,7-8H2,(H,18,20). The molecule has 0 radical (unpaired) electrons. The normalized spacial score (nSPS) is 16.1. The second kappa shape index (κ2) is 5.55. The van der Waals surface area contributed by atoms with E-state index in [9.17, 15) is 9.90 Å². The lowest BCUT2D eigenvalue weighted by Gasteiger charge is -2.29. The third-order valence-corrected chi connectivity index (χ3v) is 4.41. The first-order chi connectivity index (χ1) is 11.2. The van der Waals surface area contributed by atoms with E-state index in [1.807, 2.05) is 35.2 Å². The molecule has 0 atom stereocenters. The number of H-pyrrole nitrogens is 2. The SMILES string of the molecule is O=C(c1ccc2[nH]c(-c3ccn[nH]3)cc2c1)N1CCC(O)CC1. The summed E-state index contributed by atoms with van der Waals surface area (Å²) in [4.78, 5) is 17.7. The van der Waals surface area contributed by atoms with Crippen molar-refractivity contribution >= 4 is 16.8 Å². The number of carbonyl (C=O) groups excluding carboxylic acids is 1. The van der Waals surface area contributed by atoms with Gasteiger partial charge in [-0.05, 0) is 43.2 Å². The molecule has 3 heterocycles. The lowest BCUT2D eigenvalue weighted by molar-refractivity contribution is 0.0546. The predicted octanol–water partition coefficient (Wildman–Crippen LogP) is 2.15. The van der Waals surface area contributed by atoms with E-state index in [1.165, 1.54) is 0 Å². The minimum Gasteiger partial charge on any atom is -0.393 e. The molecule has 6 heteroatoms. The van der Waals surface area contributed by atoms with E-state index in [0.29, 0.717) is 31.5 Å². The molecule has 1 amide bonds. The van der Waals surface area contributed by atoms with Crippen molar-refractivity contribution in [1.29, 1.82) is 0 Å². The maximum absolute atomic E-state index is 12.6. The molecule has 0 saturated carbocycles. The number of fused-ring (bicyclic) bond motifs is 1. The van der Waals surface area contributed by atoms with Gasteiger partial charge in [0.05, 0.1) is 17.5 Å². The number of carbonyl (C=O) groups is 1. The van der Waals surface area contributed by atoms with Crippen LogP contribution in [0.3, 0.4) is 0 Å². The van der Waals surface area contributed by atoms with Gasteiger partial charge in [-0.25, -0.2) is 0 Å². The van der Waals surface area contributed by atoms with E-state index in [0.717, 1.165) is 22.3 Å². The molecule has 4 rings (SSSR count). The number of nitrogens with one attached hydrogen (secondary N) is 2. The molecular weight excluding hydrogens is 292 g/mol. The van der Waals surface area contributed by atoms with Crippen molar-refractivity contribution in [3.05, 3.63) is 42.1 Å². The molecule has 0 aliphatic carbocycles. The third kappa shape index (κ3) is 2.61. The molecule has 3 aromatic rings. The van der Waals surface area contributed by atoms with Crippen LogP contribution in [0.2, 0.25) is 0 Å². The molecule has 3 N–H and O–H groups in total. The first-order valence-electron chi connectivity index (χ1n) is 7.80. The zero-order valence-electron chi connectivity index (χ0n) is 12.6. The van der Waals surface area contributed by atoms with E-state index in [4.69, 9.17) is 0 Å². The second-order valence-electron chi connectivity index (χ2n) is 5.98. The maximum Gasteiger partial charge on any atom is 0.253 e. The fraction of sp³-hybridized carbons (Fsp3) is 0.294. The average molecular weight is 310 g/mol. The maximum atomic E-state index is 12.6. The Balaban J connectivity index is 1.62. The quantitative estimate of drug-likeness (QED) is 0.678. The Morgan fingerprint density at radius 3 is 2.74 bits per heavy atom. The van der Waals surface area contributed by atoms with Crippen LogP contribution in [0.1, 0.15) is 23.2 Å². The van der Waals surface area contributed by atoms with Gasteiger partial charge < -0.3 is 15.0 Å². The largest absolute Gasteiger partial charge is 0.393 e. The molecule has 2 aromatic heterocycles. The molecule has 0 unspecified atom stereocenters. The van der Waals surface area contributed by atoms with Gasteiger partial charge in [-0.2, -0.15) is 5.10 Å². The van der Waals surface area contributed by atoms with Crippen LogP contribution >= 0.6 is 0 Å². The summed E-state index contributed by atoms with van der Waals surface area (Å²) >= 11 is 0. The summed E-state index contributed by atoms with van der Waals surface area (Å²) in [5, 5.41) is 17.4. The zero-order valence-corrected chi connectivity index (χ0v) is 12.6. The van der Waals surface area contributed by atoms with Gasteiger partial charge in [0, 0.05) is 35.8 Å². The van der Waals surface area contributed by atoms with E-state index in [-0.39, 0.29) is 12.0 Å². The number of piperidine rings is 1. The molecule has 1 aliphatic heterocycles. The molecular formula is C17H18N4O2. The van der Waals surface area contributed by atoms with Crippen molar-refractivity contribution in [2.24, 2.45) is 0 Å². The van der Waals surface area contributed by atoms with Gasteiger partial charge in [-0.1, -0.05) is 0 Å². The molecule has 1 aromatic carbocycles. The lowest BCUT2D eigenvalue weighted by atomic mass is 10.1. The van der Waals surface area contributed by atoms with Gasteiger partial charge >= 0.3 is 0 Å². The van der Waals surface area contributed by atoms with Crippen molar-refractivity contribution in [2.75, 3.05) is 13.1 Å². The Kier molecular flexibility index (Phi) is 3.38. The summed E-state index contributed by atoms with van der Waals surface area (Å²) in [5.74, 6) is 0.0306. The Hall–Kier alpha value is -2.60. The molecule has 6 nitrogen and oxygen atoms in total. The summed E-state index contributed by atoms with van der Waals surface area (Å²) in [5.41, 5.74) is 3.53. The van der Waals surface area contributed by atoms with Crippen LogP contribution in [0.5, 0.6) is 0 Å². The van der Waals surface area contributed by atoms with Crippen molar-refractivity contribution in [2.45, 2.75) is 18.9 Å².